The standard InChI is InChI=1S/C17H12N4O/c1-2-4-15-14(3-1)20-17(21-15)12-5-7-13(8-6-12)22-16-11-18-9-10-19-16/h1-11H,(H,20,21). The van der Waals surface area contributed by atoms with Gasteiger partial charge < -0.3 is 9.72 Å². The zero-order chi connectivity index (χ0) is 14.8. The number of nitrogens with zero attached hydrogens (tertiary/aromatic N) is 3. The maximum absolute atomic E-state index is 5.62. The molecule has 4 rings (SSSR count). The third kappa shape index (κ3) is 2.40. The highest BCUT2D eigenvalue weighted by Gasteiger charge is 2.05. The second-order valence-electron chi connectivity index (χ2n) is 4.77. The van der Waals surface area contributed by atoms with Gasteiger partial charge in [0.1, 0.15) is 11.6 Å². The second kappa shape index (κ2) is 5.29. The predicted molar refractivity (Wildman–Crippen MR) is 83.6 cm³/mol. The first-order chi connectivity index (χ1) is 10.9. The van der Waals surface area contributed by atoms with Gasteiger partial charge >= 0.3 is 0 Å². The lowest BCUT2D eigenvalue weighted by Crippen LogP contribution is -1.88. The zero-order valence-corrected chi connectivity index (χ0v) is 11.6. The number of para-hydroxylation sites is 2. The summed E-state index contributed by atoms with van der Waals surface area (Å²) in [4.78, 5) is 15.9. The number of hydrogen-bond donors (Lipinski definition) is 1. The van der Waals surface area contributed by atoms with E-state index in [1.54, 1.807) is 18.6 Å². The number of fused-ring (bicyclic) bond motifs is 1. The summed E-state index contributed by atoms with van der Waals surface area (Å²) in [5.41, 5.74) is 2.98. The van der Waals surface area contributed by atoms with E-state index in [1.165, 1.54) is 0 Å². The minimum atomic E-state index is 0.471. The molecule has 2 aromatic heterocycles. The van der Waals surface area contributed by atoms with Gasteiger partial charge in [0, 0.05) is 18.0 Å². The normalized spacial score (nSPS) is 10.7. The van der Waals surface area contributed by atoms with Crippen molar-refractivity contribution >= 4 is 11.0 Å². The molecule has 0 unspecified atom stereocenters. The van der Waals surface area contributed by atoms with Crippen molar-refractivity contribution in [3.05, 3.63) is 67.1 Å². The Hall–Kier alpha value is -3.21. The van der Waals surface area contributed by atoms with Crippen LogP contribution in [0.15, 0.2) is 67.1 Å². The van der Waals surface area contributed by atoms with E-state index in [0.717, 1.165) is 22.4 Å². The molecule has 0 spiro atoms. The Bertz CT molecular complexity index is 868. The first-order valence-electron chi connectivity index (χ1n) is 6.87. The largest absolute Gasteiger partial charge is 0.438 e. The third-order valence-corrected chi connectivity index (χ3v) is 3.28. The Labute approximate surface area is 126 Å². The van der Waals surface area contributed by atoms with Crippen LogP contribution in [-0.2, 0) is 0 Å². The highest BCUT2D eigenvalue weighted by atomic mass is 16.5. The molecular weight excluding hydrogens is 276 g/mol. The van der Waals surface area contributed by atoms with Crippen LogP contribution in [0.4, 0.5) is 0 Å². The van der Waals surface area contributed by atoms with Gasteiger partial charge in [-0.1, -0.05) is 12.1 Å². The molecule has 2 aromatic carbocycles. The summed E-state index contributed by atoms with van der Waals surface area (Å²) >= 11 is 0. The van der Waals surface area contributed by atoms with Gasteiger partial charge in [0.15, 0.2) is 0 Å². The van der Waals surface area contributed by atoms with Crippen molar-refractivity contribution in [3.8, 4) is 23.0 Å². The SMILES string of the molecule is c1ccc2[nH]c(-c3ccc(Oc4cnccn4)cc3)nc2c1. The molecule has 0 bridgehead atoms. The molecule has 0 fully saturated rings. The molecule has 0 radical (unpaired) electrons. The summed E-state index contributed by atoms with van der Waals surface area (Å²) in [6.07, 6.45) is 4.78. The van der Waals surface area contributed by atoms with Crippen molar-refractivity contribution in [2.75, 3.05) is 0 Å². The molecule has 4 aromatic rings. The number of imidazole rings is 1. The quantitative estimate of drug-likeness (QED) is 0.622. The maximum atomic E-state index is 5.62. The van der Waals surface area contributed by atoms with Crippen molar-refractivity contribution in [2.24, 2.45) is 0 Å². The molecule has 0 saturated carbocycles. The maximum Gasteiger partial charge on any atom is 0.237 e. The van der Waals surface area contributed by atoms with Crippen molar-refractivity contribution in [1.82, 2.24) is 19.9 Å². The second-order valence-corrected chi connectivity index (χ2v) is 4.77. The molecule has 5 heteroatoms. The number of benzene rings is 2. The summed E-state index contributed by atoms with van der Waals surface area (Å²) < 4.78 is 5.62. The minimum Gasteiger partial charge on any atom is -0.438 e. The molecule has 0 aliphatic heterocycles. The van der Waals surface area contributed by atoms with Crippen molar-refractivity contribution in [1.29, 1.82) is 0 Å². The van der Waals surface area contributed by atoms with Gasteiger partial charge in [-0.2, -0.15) is 0 Å². The minimum absolute atomic E-state index is 0.471. The van der Waals surface area contributed by atoms with Gasteiger partial charge in [-0.15, -0.1) is 0 Å². The number of nitrogens with one attached hydrogen (secondary N) is 1. The van der Waals surface area contributed by atoms with E-state index in [9.17, 15) is 0 Å². The van der Waals surface area contributed by atoms with Gasteiger partial charge in [0.2, 0.25) is 5.88 Å². The lowest BCUT2D eigenvalue weighted by atomic mass is 10.2. The van der Waals surface area contributed by atoms with Crippen LogP contribution >= 0.6 is 0 Å². The zero-order valence-electron chi connectivity index (χ0n) is 11.6. The van der Waals surface area contributed by atoms with E-state index >= 15 is 0 Å². The Morgan fingerprint density at radius 3 is 2.55 bits per heavy atom. The average Bonchev–Trinajstić information content (AvgIpc) is 3.00. The first-order valence-corrected chi connectivity index (χ1v) is 6.87. The summed E-state index contributed by atoms with van der Waals surface area (Å²) in [6, 6.07) is 15.7. The molecule has 0 amide bonds. The molecule has 22 heavy (non-hydrogen) atoms. The van der Waals surface area contributed by atoms with Crippen molar-refractivity contribution in [3.63, 3.8) is 0 Å². The van der Waals surface area contributed by atoms with Gasteiger partial charge in [0.25, 0.3) is 0 Å². The highest BCUT2D eigenvalue weighted by molar-refractivity contribution is 5.79. The van der Waals surface area contributed by atoms with Crippen molar-refractivity contribution in [2.45, 2.75) is 0 Å². The fourth-order valence-corrected chi connectivity index (χ4v) is 2.23. The van der Waals surface area contributed by atoms with Crippen LogP contribution in [0.2, 0.25) is 0 Å². The van der Waals surface area contributed by atoms with E-state index < -0.39 is 0 Å². The van der Waals surface area contributed by atoms with Crippen molar-refractivity contribution < 1.29 is 4.74 Å². The Morgan fingerprint density at radius 1 is 0.909 bits per heavy atom. The average molecular weight is 288 g/mol. The van der Waals surface area contributed by atoms with Gasteiger partial charge in [0.05, 0.1) is 17.2 Å². The lowest BCUT2D eigenvalue weighted by molar-refractivity contribution is 0.460. The van der Waals surface area contributed by atoms with E-state index in [-0.39, 0.29) is 0 Å². The number of rotatable bonds is 3. The number of hydrogen-bond acceptors (Lipinski definition) is 4. The first kappa shape index (κ1) is 12.5. The molecule has 0 aliphatic carbocycles. The Balaban J connectivity index is 1.61. The number of H-pyrrole nitrogens is 1. The smallest absolute Gasteiger partial charge is 0.237 e. The van der Waals surface area contributed by atoms with Crippen LogP contribution < -0.4 is 4.74 Å². The topological polar surface area (TPSA) is 63.7 Å². The molecule has 5 nitrogen and oxygen atoms in total. The number of aromatic nitrogens is 4. The van der Waals surface area contributed by atoms with Gasteiger partial charge in [-0.05, 0) is 36.4 Å². The van der Waals surface area contributed by atoms with Crippen LogP contribution in [0.25, 0.3) is 22.4 Å². The monoisotopic (exact) mass is 288 g/mol. The molecule has 0 aliphatic rings. The van der Waals surface area contributed by atoms with Gasteiger partial charge in [-0.3, -0.25) is 4.98 Å². The summed E-state index contributed by atoms with van der Waals surface area (Å²) in [7, 11) is 0. The molecule has 0 atom stereocenters. The van der Waals surface area contributed by atoms with E-state index in [2.05, 4.69) is 19.9 Å². The summed E-state index contributed by atoms with van der Waals surface area (Å²) in [5, 5.41) is 0. The van der Waals surface area contributed by atoms with Crippen LogP contribution in [-0.4, -0.2) is 19.9 Å². The van der Waals surface area contributed by atoms with E-state index in [1.807, 2.05) is 48.5 Å². The number of ether oxygens (including phenoxy) is 1. The predicted octanol–water partition coefficient (Wildman–Crippen LogP) is 3.81. The van der Waals surface area contributed by atoms with Crippen LogP contribution in [0.1, 0.15) is 0 Å². The Morgan fingerprint density at radius 2 is 1.77 bits per heavy atom. The highest BCUT2D eigenvalue weighted by Crippen LogP contribution is 2.24. The number of aromatic amines is 1. The summed E-state index contributed by atoms with van der Waals surface area (Å²) in [5.74, 6) is 2.02. The van der Waals surface area contributed by atoms with E-state index in [0.29, 0.717) is 11.6 Å². The van der Waals surface area contributed by atoms with Crippen LogP contribution in [0.3, 0.4) is 0 Å². The van der Waals surface area contributed by atoms with Crippen LogP contribution in [0, 0.1) is 0 Å². The van der Waals surface area contributed by atoms with Crippen LogP contribution in [0.5, 0.6) is 11.6 Å². The third-order valence-electron chi connectivity index (χ3n) is 3.28. The summed E-state index contributed by atoms with van der Waals surface area (Å²) in [6.45, 7) is 0. The van der Waals surface area contributed by atoms with E-state index in [4.69, 9.17) is 4.74 Å². The molecule has 0 saturated heterocycles. The molecular formula is C17H12N4O. The fourth-order valence-electron chi connectivity index (χ4n) is 2.23. The molecule has 2 heterocycles. The molecule has 1 N–H and O–H groups in total. The lowest BCUT2D eigenvalue weighted by Gasteiger charge is -2.04. The molecule has 106 valence electrons. The fraction of sp³-hybridized carbons (Fsp3) is 0. The Kier molecular flexibility index (Phi) is 3.01. The van der Waals surface area contributed by atoms with Gasteiger partial charge in [-0.25, -0.2) is 9.97 Å².